The zero-order chi connectivity index (χ0) is 12.4. The number of nitrogens with two attached hydrogens (primary N) is 2. The molecule has 0 bridgehead atoms. The van der Waals surface area contributed by atoms with Crippen LogP contribution in [0, 0.1) is 13.8 Å². The molecule has 2 heterocycles. The second kappa shape index (κ2) is 4.12. The first kappa shape index (κ1) is 10.9. The molecule has 0 saturated heterocycles. The Morgan fingerprint density at radius 3 is 2.35 bits per heavy atom. The second-order valence-corrected chi connectivity index (χ2v) is 3.45. The lowest BCUT2D eigenvalue weighted by Gasteiger charge is -1.91. The summed E-state index contributed by atoms with van der Waals surface area (Å²) in [5.74, 6) is 0.210. The van der Waals surface area contributed by atoms with E-state index in [1.54, 1.807) is 4.68 Å². The minimum absolute atomic E-state index is 0.0234. The molecule has 2 aromatic heterocycles. The van der Waals surface area contributed by atoms with E-state index in [0.717, 1.165) is 11.4 Å². The number of aliphatic imine (C=N–C) groups is 1. The average molecular weight is 234 g/mol. The molecule has 17 heavy (non-hydrogen) atoms. The number of nitrogens with one attached hydrogen (secondary N) is 1. The molecule has 0 unspecified atom stereocenters. The fraction of sp³-hybridized carbons (Fsp3) is 0.250. The van der Waals surface area contributed by atoms with Gasteiger partial charge in [-0.15, -0.1) is 4.68 Å². The number of hydrogen-bond acceptors (Lipinski definition) is 5. The standard InChI is InChI=1S/C8H11N9/c1-4-3-5(2)17(16-4)8-14-12-7(13-15-8)11-6(9)10/h3H,1-2H3,(H4,9,10,11,12,13)/p+1. The molecule has 0 amide bonds. The third-order valence-corrected chi connectivity index (χ3v) is 1.95. The predicted molar refractivity (Wildman–Crippen MR) is 58.4 cm³/mol. The molecule has 9 nitrogen and oxygen atoms in total. The Kier molecular flexibility index (Phi) is 2.65. The van der Waals surface area contributed by atoms with Crippen molar-refractivity contribution in [1.29, 1.82) is 0 Å². The minimum atomic E-state index is -0.138. The largest absolute Gasteiger partial charge is 0.500 e. The molecule has 0 fully saturated rings. The van der Waals surface area contributed by atoms with E-state index in [1.165, 1.54) is 0 Å². The first-order valence-corrected chi connectivity index (χ1v) is 4.82. The van der Waals surface area contributed by atoms with Crippen molar-refractivity contribution in [3.05, 3.63) is 17.5 Å². The van der Waals surface area contributed by atoms with Crippen LogP contribution in [0.3, 0.4) is 0 Å². The number of nitrogens with zero attached hydrogens (tertiary/aromatic N) is 6. The lowest BCUT2D eigenvalue weighted by atomic mass is 10.4. The molecule has 88 valence electrons. The highest BCUT2D eigenvalue weighted by Crippen LogP contribution is 1.99. The number of rotatable bonds is 2. The summed E-state index contributed by atoms with van der Waals surface area (Å²) < 4.78 is 1.66. The van der Waals surface area contributed by atoms with Crippen LogP contribution < -0.4 is 16.1 Å². The summed E-state index contributed by atoms with van der Waals surface area (Å²) >= 11 is 0. The third kappa shape index (κ3) is 2.33. The second-order valence-electron chi connectivity index (χ2n) is 3.45. The van der Waals surface area contributed by atoms with Gasteiger partial charge >= 0.3 is 11.9 Å². The molecule has 2 aromatic rings. The zero-order valence-corrected chi connectivity index (χ0v) is 9.42. The molecule has 0 aromatic carbocycles. The van der Waals surface area contributed by atoms with Crippen LogP contribution in [-0.4, -0.2) is 31.5 Å². The van der Waals surface area contributed by atoms with Gasteiger partial charge in [-0.25, -0.2) is 5.10 Å². The topological polar surface area (TPSA) is 136 Å². The highest BCUT2D eigenvalue weighted by molar-refractivity contribution is 5.77. The summed E-state index contributed by atoms with van der Waals surface area (Å²) in [4.78, 5) is 3.63. The van der Waals surface area contributed by atoms with Crippen LogP contribution in [0.4, 0.5) is 5.95 Å². The lowest BCUT2D eigenvalue weighted by Crippen LogP contribution is -2.38. The van der Waals surface area contributed by atoms with E-state index < -0.39 is 0 Å². The summed E-state index contributed by atoms with van der Waals surface area (Å²) in [6, 6.07) is 1.95. The zero-order valence-electron chi connectivity index (χ0n) is 9.42. The van der Waals surface area contributed by atoms with Gasteiger partial charge in [0.15, 0.2) is 5.96 Å². The maximum Gasteiger partial charge on any atom is 0.500 e. The smallest absolute Gasteiger partial charge is 0.370 e. The predicted octanol–water partition coefficient (Wildman–Crippen LogP) is -1.61. The molecule has 9 heteroatoms. The van der Waals surface area contributed by atoms with Gasteiger partial charge in [0.2, 0.25) is 0 Å². The van der Waals surface area contributed by atoms with Gasteiger partial charge in [0, 0.05) is 5.69 Å². The van der Waals surface area contributed by atoms with Crippen molar-refractivity contribution in [3.63, 3.8) is 0 Å². The number of guanidine groups is 1. The maximum absolute atomic E-state index is 5.18. The molecule has 2 rings (SSSR count). The summed E-state index contributed by atoms with van der Waals surface area (Å²) in [5, 5.41) is 18.2. The van der Waals surface area contributed by atoms with E-state index in [0.29, 0.717) is 5.95 Å². The van der Waals surface area contributed by atoms with E-state index in [1.807, 2.05) is 19.9 Å². The molecule has 0 saturated carbocycles. The Morgan fingerprint density at radius 1 is 1.24 bits per heavy atom. The van der Waals surface area contributed by atoms with Gasteiger partial charge in [0.05, 0.1) is 10.2 Å². The van der Waals surface area contributed by atoms with E-state index in [4.69, 9.17) is 11.5 Å². The van der Waals surface area contributed by atoms with Crippen LogP contribution in [0.2, 0.25) is 0 Å². The highest BCUT2D eigenvalue weighted by Gasteiger charge is 2.17. The third-order valence-electron chi connectivity index (χ3n) is 1.95. The van der Waals surface area contributed by atoms with Crippen molar-refractivity contribution in [2.75, 3.05) is 0 Å². The summed E-state index contributed by atoms with van der Waals surface area (Å²) in [6.45, 7) is 3.84. The highest BCUT2D eigenvalue weighted by atomic mass is 15.5. The summed E-state index contributed by atoms with van der Waals surface area (Å²) in [6.07, 6.45) is 0. The quantitative estimate of drug-likeness (QED) is 0.325. The fourth-order valence-corrected chi connectivity index (χ4v) is 1.35. The molecule has 0 aliphatic rings. The molecule has 5 N–H and O–H groups in total. The first-order valence-electron chi connectivity index (χ1n) is 4.82. The number of aromatic amines is 1. The molecular formula is C8H12N9+. The number of aromatic nitrogens is 6. The lowest BCUT2D eigenvalue weighted by molar-refractivity contribution is -0.669. The molecule has 0 aliphatic heterocycles. The van der Waals surface area contributed by atoms with Gasteiger partial charge in [-0.3, -0.25) is 0 Å². The van der Waals surface area contributed by atoms with Crippen LogP contribution in [0.15, 0.2) is 11.1 Å². The fourth-order valence-electron chi connectivity index (χ4n) is 1.35. The van der Waals surface area contributed by atoms with Gasteiger partial charge in [-0.05, 0) is 30.1 Å². The van der Waals surface area contributed by atoms with E-state index in [2.05, 4.69) is 30.5 Å². The van der Waals surface area contributed by atoms with Gasteiger partial charge < -0.3 is 11.5 Å². The Hall–Kier alpha value is -2.58. The normalized spacial score (nSPS) is 10.2. The molecule has 0 atom stereocenters. The van der Waals surface area contributed by atoms with E-state index in [9.17, 15) is 0 Å². The van der Waals surface area contributed by atoms with E-state index >= 15 is 0 Å². The van der Waals surface area contributed by atoms with Crippen LogP contribution >= 0.6 is 0 Å². The van der Waals surface area contributed by atoms with Crippen LogP contribution in [0.25, 0.3) is 5.95 Å². The molecule has 0 spiro atoms. The summed E-state index contributed by atoms with van der Waals surface area (Å²) in [5.41, 5.74) is 12.3. The van der Waals surface area contributed by atoms with Crippen molar-refractivity contribution in [3.8, 4) is 5.95 Å². The molecule has 0 radical (unpaired) electrons. The minimum Gasteiger partial charge on any atom is -0.370 e. The Balaban J connectivity index is 2.36. The monoisotopic (exact) mass is 234 g/mol. The van der Waals surface area contributed by atoms with Crippen molar-refractivity contribution in [1.82, 2.24) is 25.5 Å². The van der Waals surface area contributed by atoms with Gasteiger partial charge in [0.1, 0.15) is 5.69 Å². The van der Waals surface area contributed by atoms with Crippen LogP contribution in [0.5, 0.6) is 0 Å². The summed E-state index contributed by atoms with van der Waals surface area (Å²) in [7, 11) is 0. The number of aryl methyl sites for hydroxylation is 2. The van der Waals surface area contributed by atoms with Crippen molar-refractivity contribution >= 4 is 11.9 Å². The SMILES string of the molecule is Cc1cc(C)[n+](-c2nnc(N=C(N)N)nn2)[nH]1. The van der Waals surface area contributed by atoms with Crippen molar-refractivity contribution in [2.45, 2.75) is 13.8 Å². The number of H-pyrrole nitrogens is 1. The van der Waals surface area contributed by atoms with E-state index in [-0.39, 0.29) is 11.9 Å². The Labute approximate surface area is 96.6 Å². The number of hydrogen-bond donors (Lipinski definition) is 3. The molecule has 0 aliphatic carbocycles. The van der Waals surface area contributed by atoms with Gasteiger partial charge in [-0.2, -0.15) is 4.99 Å². The Bertz CT molecular complexity index is 549. The van der Waals surface area contributed by atoms with Crippen molar-refractivity contribution in [2.24, 2.45) is 16.5 Å². The van der Waals surface area contributed by atoms with Crippen LogP contribution in [0.1, 0.15) is 11.4 Å². The van der Waals surface area contributed by atoms with Crippen molar-refractivity contribution < 1.29 is 4.68 Å². The van der Waals surface area contributed by atoms with Crippen LogP contribution in [-0.2, 0) is 0 Å². The average Bonchev–Trinajstić information content (AvgIpc) is 2.58. The molecular weight excluding hydrogens is 222 g/mol. The van der Waals surface area contributed by atoms with Gasteiger partial charge in [0.25, 0.3) is 0 Å². The Morgan fingerprint density at radius 2 is 1.88 bits per heavy atom. The maximum atomic E-state index is 5.18. The van der Waals surface area contributed by atoms with Gasteiger partial charge in [-0.1, -0.05) is 0 Å². The first-order chi connectivity index (χ1) is 8.06.